The van der Waals surface area contributed by atoms with Gasteiger partial charge >= 0.3 is 9.28 Å². The number of rotatable bonds is 6. The van der Waals surface area contributed by atoms with Gasteiger partial charge in [0.25, 0.3) is 11.8 Å². The lowest BCUT2D eigenvalue weighted by Crippen LogP contribution is -2.38. The van der Waals surface area contributed by atoms with Crippen LogP contribution in [0.5, 0.6) is 0 Å². The molecule has 2 rings (SSSR count). The third-order valence-electron chi connectivity index (χ3n) is 3.61. The average Bonchev–Trinajstić information content (AvgIpc) is 2.66. The summed E-state index contributed by atoms with van der Waals surface area (Å²) in [4.78, 5) is 0. The second-order valence-electron chi connectivity index (χ2n) is 7.98. The summed E-state index contributed by atoms with van der Waals surface area (Å²) in [6.45, 7) is 6.33. The maximum Gasteiger partial charge on any atom is 0.789 e. The predicted octanol–water partition coefficient (Wildman–Crippen LogP) is 4.15. The van der Waals surface area contributed by atoms with Crippen molar-refractivity contribution in [3.05, 3.63) is 71.8 Å². The molecule has 0 aliphatic heterocycles. The van der Waals surface area contributed by atoms with E-state index < -0.39 is 9.28 Å². The van der Waals surface area contributed by atoms with Gasteiger partial charge in [0.05, 0.1) is 0 Å². The first-order valence-electron chi connectivity index (χ1n) is 9.52. The van der Waals surface area contributed by atoms with Crippen LogP contribution < -0.4 is 0 Å². The smallest absolute Gasteiger partial charge is 0.299 e. The minimum absolute atomic E-state index is 0.228. The highest BCUT2D eigenvalue weighted by Crippen LogP contribution is 2.30. The van der Waals surface area contributed by atoms with Crippen LogP contribution in [-0.4, -0.2) is 59.3 Å². The molecule has 0 spiro atoms. The van der Waals surface area contributed by atoms with E-state index in [1.165, 1.54) is 0 Å². The van der Waals surface area contributed by atoms with E-state index >= 15 is 0 Å². The normalized spacial score (nSPS) is 12.4. The van der Waals surface area contributed by atoms with Gasteiger partial charge < -0.3 is 0 Å². The van der Waals surface area contributed by atoms with E-state index in [0.717, 1.165) is 11.1 Å². The Bertz CT molecular complexity index is 752. The molecule has 7 heteroatoms. The zero-order valence-electron chi connectivity index (χ0n) is 18.4. The van der Waals surface area contributed by atoms with E-state index in [2.05, 4.69) is 31.0 Å². The van der Waals surface area contributed by atoms with Crippen molar-refractivity contribution in [2.24, 2.45) is 10.2 Å². The van der Waals surface area contributed by atoms with Crippen LogP contribution in [0.4, 0.5) is 0 Å². The molecule has 0 fully saturated rings. The first-order valence-corrected chi connectivity index (χ1v) is 10.8. The van der Waals surface area contributed by atoms with E-state index in [0.29, 0.717) is 11.8 Å². The summed E-state index contributed by atoms with van der Waals surface area (Å²) in [5, 5.41) is 12.4. The molecule has 6 nitrogen and oxygen atoms in total. The molecule has 0 saturated heterocycles. The molecule has 0 atom stereocenters. The van der Waals surface area contributed by atoms with E-state index in [1.54, 1.807) is 10.0 Å². The van der Waals surface area contributed by atoms with Gasteiger partial charge in [-0.15, -0.1) is 10.2 Å². The monoisotopic (exact) mass is 411 g/mol. The minimum Gasteiger partial charge on any atom is -0.299 e. The third kappa shape index (κ3) is 7.27. The largest absolute Gasteiger partial charge is 0.789 e. The fraction of sp³-hybridized carbons (Fsp3) is 0.364. The molecule has 0 saturated carbocycles. The summed E-state index contributed by atoms with van der Waals surface area (Å²) < 4.78 is 12.9. The van der Waals surface area contributed by atoms with Crippen molar-refractivity contribution in [3.8, 4) is 0 Å². The molecule has 154 valence electrons. The van der Waals surface area contributed by atoms with Crippen molar-refractivity contribution in [1.29, 1.82) is 0 Å². The van der Waals surface area contributed by atoms with Crippen molar-refractivity contribution in [3.63, 3.8) is 0 Å². The molecule has 0 bridgehead atoms. The Hall–Kier alpha value is -2.80. The quantitative estimate of drug-likeness (QED) is 0.310. The lowest BCUT2D eigenvalue weighted by molar-refractivity contribution is 0.341. The number of benzene rings is 2. The molecular weight excluding hydrogens is 380 g/mol. The number of hydrogen-bond donors (Lipinski definition) is 0. The maximum absolute atomic E-state index is 6.43. The van der Waals surface area contributed by atoms with Gasteiger partial charge in [-0.1, -0.05) is 36.4 Å². The molecule has 0 aliphatic carbocycles. The van der Waals surface area contributed by atoms with Crippen LogP contribution in [0.1, 0.15) is 31.9 Å². The Morgan fingerprint density at radius 2 is 1.03 bits per heavy atom. The van der Waals surface area contributed by atoms with Gasteiger partial charge in [-0.25, -0.2) is 0 Å². The van der Waals surface area contributed by atoms with Crippen molar-refractivity contribution in [1.82, 2.24) is 10.0 Å². The summed E-state index contributed by atoms with van der Waals surface area (Å²) >= 11 is 0. The Morgan fingerprint density at radius 1 is 0.690 bits per heavy atom. The zero-order chi connectivity index (χ0) is 21.4. The fourth-order valence-corrected chi connectivity index (χ4v) is 3.62. The highest BCUT2D eigenvalue weighted by Gasteiger charge is 2.54. The predicted molar refractivity (Wildman–Crippen MR) is 121 cm³/mol. The summed E-state index contributed by atoms with van der Waals surface area (Å²) in [5.41, 5.74) is 1.81. The highest BCUT2D eigenvalue weighted by molar-refractivity contribution is 6.53. The van der Waals surface area contributed by atoms with Crippen LogP contribution in [0, 0.1) is 0 Å². The lowest BCUT2D eigenvalue weighted by Gasteiger charge is -2.17. The van der Waals surface area contributed by atoms with Gasteiger partial charge in [-0.05, 0) is 45.0 Å². The summed E-state index contributed by atoms with van der Waals surface area (Å²) in [6, 6.07) is 19.8. The third-order valence-corrected chi connectivity index (χ3v) is 5.60. The van der Waals surface area contributed by atoms with Gasteiger partial charge in [0.1, 0.15) is 5.04 Å². The minimum atomic E-state index is -1.86. The van der Waals surface area contributed by atoms with E-state index in [1.807, 2.05) is 88.9 Å². The van der Waals surface area contributed by atoms with Gasteiger partial charge in [0, 0.05) is 39.3 Å². The highest BCUT2D eigenvalue weighted by atomic mass is 28.3. The number of nitrogens with zero attached hydrogens (tertiary/aromatic N) is 4. The Labute approximate surface area is 176 Å². The van der Waals surface area contributed by atoms with Crippen LogP contribution in [0.15, 0.2) is 70.9 Å². The Kier molecular flexibility index (Phi) is 7.84. The molecule has 0 radical (unpaired) electrons. The van der Waals surface area contributed by atoms with Gasteiger partial charge in [0.15, 0.2) is 0 Å². The van der Waals surface area contributed by atoms with Gasteiger partial charge in [0.2, 0.25) is 0 Å². The van der Waals surface area contributed by atoms with E-state index in [4.69, 9.17) is 8.85 Å². The molecule has 29 heavy (non-hydrogen) atoms. The van der Waals surface area contributed by atoms with Gasteiger partial charge in [-0.2, -0.15) is 0 Å². The average molecular weight is 412 g/mol. The first kappa shape index (κ1) is 22.5. The van der Waals surface area contributed by atoms with Crippen LogP contribution >= 0.6 is 0 Å². The van der Waals surface area contributed by atoms with Crippen molar-refractivity contribution < 1.29 is 8.85 Å². The molecule has 0 heterocycles. The summed E-state index contributed by atoms with van der Waals surface area (Å²) in [5.74, 6) is 1.08. The summed E-state index contributed by atoms with van der Waals surface area (Å²) in [7, 11) is 5.64. The van der Waals surface area contributed by atoms with Gasteiger partial charge in [-0.3, -0.25) is 18.9 Å². The maximum atomic E-state index is 6.43. The molecule has 0 aromatic heterocycles. The number of hydrogen-bond acceptors (Lipinski definition) is 6. The van der Waals surface area contributed by atoms with Crippen molar-refractivity contribution in [2.75, 3.05) is 28.2 Å². The topological polar surface area (TPSA) is 49.7 Å². The molecule has 2 aromatic carbocycles. The molecule has 0 amide bonds. The standard InChI is InChI=1S/C22H31N4O2Si/c1-22(2,3)29(27-20(23-25(4)5)18-14-10-8-11-15-18)28-21(24-26(6)7)19-16-12-9-13-17-19/h8-17H,1-7H3/q+1/b23-20-,24-21-. The second kappa shape index (κ2) is 10.1. The lowest BCUT2D eigenvalue weighted by atomic mass is 10.2. The van der Waals surface area contributed by atoms with Crippen LogP contribution in [0.25, 0.3) is 0 Å². The molecule has 0 aliphatic rings. The fourth-order valence-electron chi connectivity index (χ4n) is 2.30. The molecule has 0 N–H and O–H groups in total. The first-order chi connectivity index (χ1) is 13.7. The second-order valence-corrected chi connectivity index (χ2v) is 10.5. The summed E-state index contributed by atoms with van der Waals surface area (Å²) in [6.07, 6.45) is 0. The number of hydrazone groups is 2. The molecule has 2 aromatic rings. The van der Waals surface area contributed by atoms with Crippen LogP contribution in [-0.2, 0) is 8.85 Å². The Balaban J connectivity index is 2.39. The van der Waals surface area contributed by atoms with E-state index in [9.17, 15) is 0 Å². The van der Waals surface area contributed by atoms with E-state index in [-0.39, 0.29) is 5.04 Å². The van der Waals surface area contributed by atoms with Crippen LogP contribution in [0.2, 0.25) is 5.04 Å². The van der Waals surface area contributed by atoms with Crippen molar-refractivity contribution >= 4 is 21.1 Å². The molecular formula is C22H31N4O2Si+. The zero-order valence-corrected chi connectivity index (χ0v) is 19.4. The van der Waals surface area contributed by atoms with Crippen LogP contribution in [0.3, 0.4) is 0 Å². The SMILES string of the molecule is CN(C)/N=C(\O[Si+](O/C(=N\N(C)C)c1ccccc1)C(C)(C)C)c1ccccc1. The van der Waals surface area contributed by atoms with Crippen molar-refractivity contribution in [2.45, 2.75) is 25.8 Å². The molecule has 0 unspecified atom stereocenters. The Morgan fingerprint density at radius 3 is 1.31 bits per heavy atom.